The number of aromatic nitrogens is 1. The third-order valence-electron chi connectivity index (χ3n) is 2.05. The van der Waals surface area contributed by atoms with E-state index in [2.05, 4.69) is 4.98 Å². The Bertz CT molecular complexity index is 465. The molecule has 2 rings (SSSR count). The van der Waals surface area contributed by atoms with Gasteiger partial charge in [-0.05, 0) is 19.1 Å². The highest BCUT2D eigenvalue weighted by atomic mass is 19.1. The summed E-state index contributed by atoms with van der Waals surface area (Å²) >= 11 is 0. The Hall–Kier alpha value is -1.68. The maximum Gasteiger partial charge on any atom is 0.229 e. The summed E-state index contributed by atoms with van der Waals surface area (Å²) in [5, 5.41) is 9.24. The van der Waals surface area contributed by atoms with Crippen LogP contribution >= 0.6 is 0 Å². The second-order valence-electron chi connectivity index (χ2n) is 3.23. The molecule has 1 heterocycles. The van der Waals surface area contributed by atoms with Crippen LogP contribution in [0.1, 0.15) is 18.7 Å². The van der Waals surface area contributed by atoms with Crippen LogP contribution in [0.3, 0.4) is 0 Å². The van der Waals surface area contributed by atoms with E-state index in [1.807, 2.05) is 0 Å². The Balaban J connectivity index is 2.42. The molecule has 78 valence electrons. The fraction of sp³-hybridized carbons (Fsp3) is 0.182. The van der Waals surface area contributed by atoms with Crippen LogP contribution in [0.2, 0.25) is 0 Å². The molecule has 1 unspecified atom stereocenters. The highest BCUT2D eigenvalue weighted by Gasteiger charge is 2.12. The van der Waals surface area contributed by atoms with Crippen molar-refractivity contribution in [2.75, 3.05) is 0 Å². The number of oxazole rings is 1. The smallest absolute Gasteiger partial charge is 0.229 e. The highest BCUT2D eigenvalue weighted by Crippen LogP contribution is 2.23. The second-order valence-corrected chi connectivity index (χ2v) is 3.23. The molecule has 0 saturated carbocycles. The lowest BCUT2D eigenvalue weighted by Gasteiger charge is -1.97. The summed E-state index contributed by atoms with van der Waals surface area (Å²) in [4.78, 5) is 3.98. The van der Waals surface area contributed by atoms with Gasteiger partial charge in [0.1, 0.15) is 17.8 Å². The quantitative estimate of drug-likeness (QED) is 0.823. The van der Waals surface area contributed by atoms with Gasteiger partial charge in [0.25, 0.3) is 0 Å². The average Bonchev–Trinajstić information content (AvgIpc) is 2.67. The van der Waals surface area contributed by atoms with E-state index in [1.165, 1.54) is 12.3 Å². The van der Waals surface area contributed by atoms with Gasteiger partial charge in [0.15, 0.2) is 0 Å². The Morgan fingerprint density at radius 1 is 1.40 bits per heavy atom. The van der Waals surface area contributed by atoms with Gasteiger partial charge in [-0.2, -0.15) is 0 Å². The van der Waals surface area contributed by atoms with Crippen molar-refractivity contribution in [1.82, 2.24) is 4.98 Å². The summed E-state index contributed by atoms with van der Waals surface area (Å²) in [5.41, 5.74) is 0.692. The number of rotatable bonds is 2. The van der Waals surface area contributed by atoms with E-state index >= 15 is 0 Å². The molecule has 0 spiro atoms. The normalized spacial score (nSPS) is 12.7. The zero-order valence-electron chi connectivity index (χ0n) is 8.14. The molecule has 0 aliphatic carbocycles. The molecule has 0 aliphatic rings. The first-order valence-electron chi connectivity index (χ1n) is 4.57. The maximum absolute atomic E-state index is 13.3. The zero-order chi connectivity index (χ0) is 10.8. The van der Waals surface area contributed by atoms with Crippen LogP contribution in [0.5, 0.6) is 0 Å². The van der Waals surface area contributed by atoms with Gasteiger partial charge >= 0.3 is 0 Å². The Morgan fingerprint density at radius 2 is 2.13 bits per heavy atom. The van der Waals surface area contributed by atoms with Crippen LogP contribution in [-0.2, 0) is 0 Å². The van der Waals surface area contributed by atoms with Crippen molar-refractivity contribution >= 4 is 0 Å². The van der Waals surface area contributed by atoms with Gasteiger partial charge < -0.3 is 9.52 Å². The SMILES string of the molecule is CC(O)c1coc(-c2ccccc2F)n1. The third-order valence-corrected chi connectivity index (χ3v) is 2.05. The standard InChI is InChI=1S/C11H10FNO2/c1-7(14)10-6-15-11(13-10)8-4-2-3-5-9(8)12/h2-7,14H,1H3. The molecular weight excluding hydrogens is 197 g/mol. The molecule has 2 aromatic rings. The number of benzene rings is 1. The Kier molecular flexibility index (Phi) is 2.51. The summed E-state index contributed by atoms with van der Waals surface area (Å²) in [6.07, 6.45) is 0.612. The van der Waals surface area contributed by atoms with E-state index in [9.17, 15) is 9.50 Å². The predicted octanol–water partition coefficient (Wildman–Crippen LogP) is 2.53. The largest absolute Gasteiger partial charge is 0.444 e. The van der Waals surface area contributed by atoms with Crippen LogP contribution in [0, 0.1) is 5.82 Å². The Morgan fingerprint density at radius 3 is 2.73 bits per heavy atom. The molecule has 0 radical (unpaired) electrons. The lowest BCUT2D eigenvalue weighted by molar-refractivity contribution is 0.194. The van der Waals surface area contributed by atoms with Crippen molar-refractivity contribution < 1.29 is 13.9 Å². The van der Waals surface area contributed by atoms with Gasteiger partial charge in [0.05, 0.1) is 11.7 Å². The molecular formula is C11H10FNO2. The van der Waals surface area contributed by atoms with E-state index in [-0.39, 0.29) is 5.89 Å². The van der Waals surface area contributed by atoms with Gasteiger partial charge in [0.2, 0.25) is 5.89 Å². The first-order chi connectivity index (χ1) is 7.18. The van der Waals surface area contributed by atoms with Crippen LogP contribution in [-0.4, -0.2) is 10.1 Å². The van der Waals surface area contributed by atoms with Crippen molar-refractivity contribution in [3.63, 3.8) is 0 Å². The molecule has 3 nitrogen and oxygen atoms in total. The van der Waals surface area contributed by atoms with E-state index in [0.717, 1.165) is 0 Å². The van der Waals surface area contributed by atoms with Gasteiger partial charge in [-0.1, -0.05) is 12.1 Å². The monoisotopic (exact) mass is 207 g/mol. The molecule has 0 saturated heterocycles. The van der Waals surface area contributed by atoms with Gasteiger partial charge in [-0.15, -0.1) is 0 Å². The summed E-state index contributed by atoms with van der Waals surface area (Å²) in [7, 11) is 0. The number of hydrogen-bond donors (Lipinski definition) is 1. The van der Waals surface area contributed by atoms with Crippen molar-refractivity contribution in [3.8, 4) is 11.5 Å². The van der Waals surface area contributed by atoms with E-state index in [1.54, 1.807) is 25.1 Å². The van der Waals surface area contributed by atoms with Crippen molar-refractivity contribution in [2.24, 2.45) is 0 Å². The summed E-state index contributed by atoms with van der Waals surface area (Å²) in [6, 6.07) is 6.20. The predicted molar refractivity (Wildman–Crippen MR) is 52.5 cm³/mol. The molecule has 1 atom stereocenters. The zero-order valence-corrected chi connectivity index (χ0v) is 8.14. The molecule has 0 bridgehead atoms. The minimum atomic E-state index is -0.714. The van der Waals surface area contributed by atoms with Crippen LogP contribution < -0.4 is 0 Å². The number of aliphatic hydroxyl groups excluding tert-OH is 1. The number of halogens is 1. The van der Waals surface area contributed by atoms with Crippen LogP contribution in [0.25, 0.3) is 11.5 Å². The fourth-order valence-electron chi connectivity index (χ4n) is 1.24. The van der Waals surface area contributed by atoms with Crippen LogP contribution in [0.4, 0.5) is 4.39 Å². The number of nitrogens with zero attached hydrogens (tertiary/aromatic N) is 1. The second kappa shape index (κ2) is 3.82. The summed E-state index contributed by atoms with van der Waals surface area (Å²) < 4.78 is 18.4. The molecule has 1 aromatic heterocycles. The number of hydrogen-bond acceptors (Lipinski definition) is 3. The van der Waals surface area contributed by atoms with E-state index in [4.69, 9.17) is 4.42 Å². The van der Waals surface area contributed by atoms with Crippen LogP contribution in [0.15, 0.2) is 34.9 Å². The maximum atomic E-state index is 13.3. The molecule has 1 aromatic carbocycles. The van der Waals surface area contributed by atoms with Gasteiger partial charge in [0, 0.05) is 0 Å². The summed E-state index contributed by atoms with van der Waals surface area (Å²) in [6.45, 7) is 1.57. The minimum absolute atomic E-state index is 0.184. The van der Waals surface area contributed by atoms with E-state index in [0.29, 0.717) is 11.3 Å². The topological polar surface area (TPSA) is 46.3 Å². The number of aliphatic hydroxyl groups is 1. The minimum Gasteiger partial charge on any atom is -0.444 e. The highest BCUT2D eigenvalue weighted by molar-refractivity contribution is 5.53. The van der Waals surface area contributed by atoms with Crippen molar-refractivity contribution in [2.45, 2.75) is 13.0 Å². The average molecular weight is 207 g/mol. The summed E-state index contributed by atoms with van der Waals surface area (Å²) in [5.74, 6) is -0.208. The molecule has 1 N–H and O–H groups in total. The van der Waals surface area contributed by atoms with Crippen molar-refractivity contribution in [3.05, 3.63) is 42.0 Å². The molecule has 0 fully saturated rings. The van der Waals surface area contributed by atoms with Gasteiger partial charge in [-0.3, -0.25) is 0 Å². The Labute approximate surface area is 86.2 Å². The van der Waals surface area contributed by atoms with E-state index < -0.39 is 11.9 Å². The first-order valence-corrected chi connectivity index (χ1v) is 4.57. The molecule has 0 aliphatic heterocycles. The molecule has 15 heavy (non-hydrogen) atoms. The molecule has 4 heteroatoms. The third kappa shape index (κ3) is 1.89. The van der Waals surface area contributed by atoms with Crippen molar-refractivity contribution in [1.29, 1.82) is 0 Å². The first kappa shape index (κ1) is 9.86. The lowest BCUT2D eigenvalue weighted by atomic mass is 10.2. The molecule has 0 amide bonds. The lowest BCUT2D eigenvalue weighted by Crippen LogP contribution is -1.91. The van der Waals surface area contributed by atoms with Gasteiger partial charge in [-0.25, -0.2) is 9.37 Å². The fourth-order valence-corrected chi connectivity index (χ4v) is 1.24.